The Morgan fingerprint density at radius 2 is 1.56 bits per heavy atom. The fourth-order valence-corrected chi connectivity index (χ4v) is 1.77. The van der Waals surface area contributed by atoms with Gasteiger partial charge in [0.15, 0.2) is 0 Å². The molecule has 0 saturated heterocycles. The molecule has 0 heterocycles. The van der Waals surface area contributed by atoms with E-state index in [2.05, 4.69) is 6.58 Å². The first kappa shape index (κ1) is 19.9. The molecule has 0 amide bonds. The van der Waals surface area contributed by atoms with Gasteiger partial charge >= 0.3 is 23.9 Å². The molecule has 0 spiro atoms. The lowest BCUT2D eigenvalue weighted by Crippen LogP contribution is -2.14. The number of hydrogen-bond acceptors (Lipinski definition) is 6. The first-order valence-electron chi connectivity index (χ1n) is 7.34. The molecule has 0 saturated carbocycles. The molecule has 2 N–H and O–H groups in total. The monoisotopic (exact) mass is 350 g/mol. The first-order chi connectivity index (χ1) is 11.7. The molecule has 0 aliphatic heterocycles. The van der Waals surface area contributed by atoms with Gasteiger partial charge in [0.2, 0.25) is 0 Å². The van der Waals surface area contributed by atoms with E-state index in [-0.39, 0.29) is 35.5 Å². The normalized spacial score (nSPS) is 9.96. The van der Waals surface area contributed by atoms with Crippen molar-refractivity contribution < 1.29 is 38.9 Å². The van der Waals surface area contributed by atoms with Crippen molar-refractivity contribution in [2.24, 2.45) is 0 Å². The highest BCUT2D eigenvalue weighted by atomic mass is 16.5. The van der Waals surface area contributed by atoms with Gasteiger partial charge in [-0.05, 0) is 38.0 Å². The van der Waals surface area contributed by atoms with Crippen LogP contribution in [0.3, 0.4) is 0 Å². The molecule has 8 heteroatoms. The molecule has 0 unspecified atom stereocenters. The van der Waals surface area contributed by atoms with Crippen LogP contribution in [0.25, 0.3) is 0 Å². The van der Waals surface area contributed by atoms with Gasteiger partial charge in [0, 0.05) is 5.57 Å². The van der Waals surface area contributed by atoms with E-state index in [1.807, 2.05) is 0 Å². The highest BCUT2D eigenvalue weighted by Gasteiger charge is 2.20. The minimum absolute atomic E-state index is 0.0280. The highest BCUT2D eigenvalue weighted by Crippen LogP contribution is 2.14. The summed E-state index contributed by atoms with van der Waals surface area (Å²) in [6.07, 6.45) is 0.823. The Hall–Kier alpha value is -3.16. The molecule has 0 bridgehead atoms. The van der Waals surface area contributed by atoms with Crippen LogP contribution in [0.2, 0.25) is 0 Å². The Bertz CT molecular complexity index is 705. The van der Waals surface area contributed by atoms with Crippen molar-refractivity contribution in [3.05, 3.63) is 47.0 Å². The van der Waals surface area contributed by atoms with E-state index in [1.165, 1.54) is 6.92 Å². The molecule has 0 fully saturated rings. The molecule has 25 heavy (non-hydrogen) atoms. The van der Waals surface area contributed by atoms with Crippen LogP contribution < -0.4 is 0 Å². The molecule has 134 valence electrons. The molecular formula is C17H18O8. The number of rotatable bonds is 9. The number of aromatic carboxylic acids is 2. The molecule has 1 aromatic carbocycles. The zero-order valence-corrected chi connectivity index (χ0v) is 13.6. The Morgan fingerprint density at radius 1 is 0.960 bits per heavy atom. The summed E-state index contributed by atoms with van der Waals surface area (Å²) in [7, 11) is 0. The molecule has 0 atom stereocenters. The van der Waals surface area contributed by atoms with Gasteiger partial charge in [-0.15, -0.1) is 0 Å². The molecule has 1 aromatic rings. The number of carboxylic acids is 2. The second kappa shape index (κ2) is 9.21. The Kier molecular flexibility index (Phi) is 7.33. The van der Waals surface area contributed by atoms with Gasteiger partial charge in [-0.25, -0.2) is 19.2 Å². The number of carbonyl (C=O) groups is 4. The number of benzene rings is 1. The number of esters is 2. The van der Waals surface area contributed by atoms with Gasteiger partial charge in [0.1, 0.15) is 0 Å². The minimum Gasteiger partial charge on any atom is -0.478 e. The van der Waals surface area contributed by atoms with Crippen LogP contribution in [0.4, 0.5) is 0 Å². The van der Waals surface area contributed by atoms with Crippen molar-refractivity contribution in [3.8, 4) is 0 Å². The third kappa shape index (κ3) is 6.09. The fourth-order valence-electron chi connectivity index (χ4n) is 1.77. The van der Waals surface area contributed by atoms with Gasteiger partial charge < -0.3 is 19.7 Å². The van der Waals surface area contributed by atoms with Crippen LogP contribution in [0.5, 0.6) is 0 Å². The average Bonchev–Trinajstić information content (AvgIpc) is 2.56. The summed E-state index contributed by atoms with van der Waals surface area (Å²) in [6.45, 7) is 5.07. The van der Waals surface area contributed by atoms with Crippen molar-refractivity contribution in [1.82, 2.24) is 0 Å². The van der Waals surface area contributed by atoms with Crippen LogP contribution >= 0.6 is 0 Å². The number of hydrogen-bond donors (Lipinski definition) is 2. The van der Waals surface area contributed by atoms with Crippen LogP contribution in [-0.4, -0.2) is 47.3 Å². The predicted molar refractivity (Wildman–Crippen MR) is 85.7 cm³/mol. The summed E-state index contributed by atoms with van der Waals surface area (Å²) >= 11 is 0. The fraction of sp³-hybridized carbons (Fsp3) is 0.294. The van der Waals surface area contributed by atoms with Gasteiger partial charge in [0.05, 0.1) is 29.9 Å². The summed E-state index contributed by atoms with van der Waals surface area (Å²) in [5, 5.41) is 18.0. The van der Waals surface area contributed by atoms with Gasteiger partial charge in [0.25, 0.3) is 0 Å². The van der Waals surface area contributed by atoms with Gasteiger partial charge in [-0.2, -0.15) is 0 Å². The van der Waals surface area contributed by atoms with Gasteiger partial charge in [-0.3, -0.25) is 0 Å². The maximum absolute atomic E-state index is 12.0. The third-order valence-electron chi connectivity index (χ3n) is 3.07. The smallest absolute Gasteiger partial charge is 0.339 e. The van der Waals surface area contributed by atoms with Crippen LogP contribution in [0.1, 0.15) is 50.8 Å². The quantitative estimate of drug-likeness (QED) is 0.394. The maximum Gasteiger partial charge on any atom is 0.339 e. The van der Waals surface area contributed by atoms with E-state index in [9.17, 15) is 19.2 Å². The maximum atomic E-state index is 12.0. The number of carbonyl (C=O) groups excluding carboxylic acids is 2. The van der Waals surface area contributed by atoms with Gasteiger partial charge in [-0.1, -0.05) is 6.58 Å². The molecule has 1 rings (SSSR count). The topological polar surface area (TPSA) is 127 Å². The zero-order valence-electron chi connectivity index (χ0n) is 13.6. The van der Waals surface area contributed by atoms with Crippen LogP contribution in [-0.2, 0) is 14.3 Å². The lowest BCUT2D eigenvalue weighted by molar-refractivity contribution is -0.139. The number of ether oxygens (including phenoxy) is 2. The SMILES string of the molecule is C=C(C)C(=O)OCCCCOC(=O)c1cc(C(=O)O)ccc1C(=O)O. The second-order valence-electron chi connectivity index (χ2n) is 5.13. The molecule has 0 radical (unpaired) electrons. The molecule has 0 aliphatic carbocycles. The zero-order chi connectivity index (χ0) is 19.0. The van der Waals surface area contributed by atoms with E-state index in [0.717, 1.165) is 18.2 Å². The summed E-state index contributed by atoms with van der Waals surface area (Å²) in [5.41, 5.74) is -0.610. The lowest BCUT2D eigenvalue weighted by Gasteiger charge is -2.08. The molecule has 8 nitrogen and oxygen atoms in total. The van der Waals surface area contributed by atoms with Crippen LogP contribution in [0.15, 0.2) is 30.4 Å². The second-order valence-corrected chi connectivity index (χ2v) is 5.13. The molecule has 0 aliphatic rings. The largest absolute Gasteiger partial charge is 0.478 e. The van der Waals surface area contributed by atoms with Crippen LogP contribution in [0, 0.1) is 0 Å². The lowest BCUT2D eigenvalue weighted by atomic mass is 10.0. The predicted octanol–water partition coefficient (Wildman–Crippen LogP) is 2.14. The average molecular weight is 350 g/mol. The Morgan fingerprint density at radius 3 is 2.08 bits per heavy atom. The Balaban J connectivity index is 2.58. The van der Waals surface area contributed by atoms with E-state index in [1.54, 1.807) is 0 Å². The van der Waals surface area contributed by atoms with E-state index in [0.29, 0.717) is 12.8 Å². The van der Waals surface area contributed by atoms with E-state index < -0.39 is 23.9 Å². The number of carboxylic acid groups (broad SMARTS) is 2. The summed E-state index contributed by atoms with van der Waals surface area (Å²) in [5.74, 6) is -4.09. The number of unbranched alkanes of at least 4 members (excludes halogenated alkanes) is 1. The summed E-state index contributed by atoms with van der Waals surface area (Å²) in [6, 6.07) is 3.10. The first-order valence-corrected chi connectivity index (χ1v) is 7.34. The molecular weight excluding hydrogens is 332 g/mol. The standard InChI is InChI=1S/C17H18O8/c1-10(2)16(22)24-7-3-4-8-25-17(23)13-9-11(14(18)19)5-6-12(13)15(20)21/h5-6,9H,1,3-4,7-8H2,2H3,(H,18,19)(H,20,21). The Labute approximate surface area is 143 Å². The van der Waals surface area contributed by atoms with E-state index in [4.69, 9.17) is 19.7 Å². The van der Waals surface area contributed by atoms with Crippen molar-refractivity contribution in [3.63, 3.8) is 0 Å². The van der Waals surface area contributed by atoms with Crippen molar-refractivity contribution >= 4 is 23.9 Å². The summed E-state index contributed by atoms with van der Waals surface area (Å²) < 4.78 is 9.82. The molecule has 0 aromatic heterocycles. The van der Waals surface area contributed by atoms with E-state index >= 15 is 0 Å². The van der Waals surface area contributed by atoms with Crippen molar-refractivity contribution in [2.45, 2.75) is 19.8 Å². The van der Waals surface area contributed by atoms with Crippen molar-refractivity contribution in [1.29, 1.82) is 0 Å². The van der Waals surface area contributed by atoms with Crippen molar-refractivity contribution in [2.75, 3.05) is 13.2 Å². The highest BCUT2D eigenvalue weighted by molar-refractivity contribution is 6.04. The summed E-state index contributed by atoms with van der Waals surface area (Å²) in [4.78, 5) is 45.2. The minimum atomic E-state index is -1.37. The third-order valence-corrected chi connectivity index (χ3v) is 3.07.